The Labute approximate surface area is 89.9 Å². The number of para-hydroxylation sites is 1. The van der Waals surface area contributed by atoms with Crippen molar-refractivity contribution in [2.45, 2.75) is 26.4 Å². The fourth-order valence-corrected chi connectivity index (χ4v) is 1.24. The van der Waals surface area contributed by atoms with Crippen molar-refractivity contribution in [3.8, 4) is 0 Å². The van der Waals surface area contributed by atoms with Gasteiger partial charge in [0, 0.05) is 18.3 Å². The minimum atomic E-state index is -0.203. The average Bonchev–Trinajstić information content (AvgIpc) is 2.17. The van der Waals surface area contributed by atoms with Gasteiger partial charge in [-0.05, 0) is 25.5 Å². The molecule has 4 heteroatoms. The van der Waals surface area contributed by atoms with Crippen LogP contribution in [0.1, 0.15) is 19.4 Å². The van der Waals surface area contributed by atoms with Crippen LogP contribution in [0.5, 0.6) is 0 Å². The highest BCUT2D eigenvalue weighted by Gasteiger charge is 2.05. The highest BCUT2D eigenvalue weighted by molar-refractivity contribution is 5.90. The summed E-state index contributed by atoms with van der Waals surface area (Å²) in [4.78, 5) is 11.4. The molecule has 0 aliphatic carbocycles. The first-order valence-corrected chi connectivity index (χ1v) is 4.99. The number of nitrogens with one attached hydrogen (secondary N) is 2. The van der Waals surface area contributed by atoms with E-state index in [0.29, 0.717) is 6.54 Å². The third-order valence-corrected chi connectivity index (χ3v) is 1.91. The van der Waals surface area contributed by atoms with Crippen molar-refractivity contribution >= 4 is 11.7 Å². The summed E-state index contributed by atoms with van der Waals surface area (Å²) in [6, 6.07) is 7.41. The zero-order chi connectivity index (χ0) is 11.3. The van der Waals surface area contributed by atoms with E-state index in [-0.39, 0.29) is 12.1 Å². The van der Waals surface area contributed by atoms with Crippen LogP contribution >= 0.6 is 0 Å². The van der Waals surface area contributed by atoms with E-state index in [2.05, 4.69) is 10.6 Å². The summed E-state index contributed by atoms with van der Waals surface area (Å²) < 4.78 is 0. The number of carbonyl (C=O) groups is 1. The van der Waals surface area contributed by atoms with Gasteiger partial charge in [-0.15, -0.1) is 0 Å². The molecule has 0 heterocycles. The van der Waals surface area contributed by atoms with Crippen molar-refractivity contribution in [3.63, 3.8) is 0 Å². The maximum Gasteiger partial charge on any atom is 0.319 e. The molecule has 0 aromatic heterocycles. The molecule has 15 heavy (non-hydrogen) atoms. The Bertz CT molecular complexity index is 336. The van der Waals surface area contributed by atoms with Crippen LogP contribution in [0.4, 0.5) is 10.5 Å². The lowest BCUT2D eigenvalue weighted by Gasteiger charge is -2.12. The number of amides is 2. The third-order valence-electron chi connectivity index (χ3n) is 1.91. The SMILES string of the molecule is CC(C)NC(=O)Nc1ccccc1CN. The molecule has 0 saturated heterocycles. The molecular weight excluding hydrogens is 190 g/mol. The largest absolute Gasteiger partial charge is 0.336 e. The van der Waals surface area contributed by atoms with Crippen LogP contribution in [-0.4, -0.2) is 12.1 Å². The van der Waals surface area contributed by atoms with Crippen molar-refractivity contribution in [2.75, 3.05) is 5.32 Å². The van der Waals surface area contributed by atoms with Gasteiger partial charge in [-0.1, -0.05) is 18.2 Å². The smallest absolute Gasteiger partial charge is 0.319 e. The molecule has 0 radical (unpaired) electrons. The lowest BCUT2D eigenvalue weighted by molar-refractivity contribution is 0.250. The maximum atomic E-state index is 11.4. The Morgan fingerprint density at radius 1 is 1.40 bits per heavy atom. The Hall–Kier alpha value is -1.55. The monoisotopic (exact) mass is 207 g/mol. The number of rotatable bonds is 3. The van der Waals surface area contributed by atoms with Gasteiger partial charge in [0.05, 0.1) is 0 Å². The molecule has 82 valence electrons. The van der Waals surface area contributed by atoms with E-state index in [9.17, 15) is 4.79 Å². The molecule has 1 aromatic carbocycles. The number of nitrogens with two attached hydrogens (primary N) is 1. The van der Waals surface area contributed by atoms with Crippen molar-refractivity contribution in [2.24, 2.45) is 5.73 Å². The second kappa shape index (κ2) is 5.36. The highest BCUT2D eigenvalue weighted by Crippen LogP contribution is 2.13. The molecule has 0 bridgehead atoms. The Balaban J connectivity index is 2.67. The number of urea groups is 1. The normalized spacial score (nSPS) is 10.1. The minimum Gasteiger partial charge on any atom is -0.336 e. The number of anilines is 1. The first kappa shape index (κ1) is 11.5. The summed E-state index contributed by atoms with van der Waals surface area (Å²) in [6.07, 6.45) is 0. The predicted octanol–water partition coefficient (Wildman–Crippen LogP) is 1.68. The van der Waals surface area contributed by atoms with Gasteiger partial charge in [-0.3, -0.25) is 0 Å². The first-order chi connectivity index (χ1) is 7.13. The van der Waals surface area contributed by atoms with Crippen molar-refractivity contribution in [1.29, 1.82) is 0 Å². The standard InChI is InChI=1S/C11H17N3O/c1-8(2)13-11(15)14-10-6-4-3-5-9(10)7-12/h3-6,8H,7,12H2,1-2H3,(H2,13,14,15). The Morgan fingerprint density at radius 2 is 2.07 bits per heavy atom. The van der Waals surface area contributed by atoms with E-state index < -0.39 is 0 Å². The zero-order valence-electron chi connectivity index (χ0n) is 9.08. The average molecular weight is 207 g/mol. The predicted molar refractivity (Wildman–Crippen MR) is 61.6 cm³/mol. The molecule has 0 fully saturated rings. The summed E-state index contributed by atoms with van der Waals surface area (Å²) in [7, 11) is 0. The Kier molecular flexibility index (Phi) is 4.12. The Morgan fingerprint density at radius 3 is 2.67 bits per heavy atom. The zero-order valence-corrected chi connectivity index (χ0v) is 9.08. The summed E-state index contributed by atoms with van der Waals surface area (Å²) in [5.74, 6) is 0. The quantitative estimate of drug-likeness (QED) is 0.705. The molecule has 2 amide bonds. The van der Waals surface area contributed by atoms with Crippen LogP contribution < -0.4 is 16.4 Å². The van der Waals surface area contributed by atoms with Crippen LogP contribution in [0.3, 0.4) is 0 Å². The van der Waals surface area contributed by atoms with Gasteiger partial charge in [-0.25, -0.2) is 4.79 Å². The molecular formula is C11H17N3O. The van der Waals surface area contributed by atoms with Gasteiger partial charge in [0.1, 0.15) is 0 Å². The molecule has 1 rings (SSSR count). The number of hydrogen-bond acceptors (Lipinski definition) is 2. The molecule has 0 unspecified atom stereocenters. The maximum absolute atomic E-state index is 11.4. The van der Waals surface area contributed by atoms with Crippen LogP contribution in [-0.2, 0) is 6.54 Å². The second-order valence-corrected chi connectivity index (χ2v) is 3.61. The summed E-state index contributed by atoms with van der Waals surface area (Å²) in [5.41, 5.74) is 7.25. The van der Waals surface area contributed by atoms with Gasteiger partial charge in [0.2, 0.25) is 0 Å². The fraction of sp³-hybridized carbons (Fsp3) is 0.364. The minimum absolute atomic E-state index is 0.120. The summed E-state index contributed by atoms with van der Waals surface area (Å²) >= 11 is 0. The van der Waals surface area contributed by atoms with Crippen molar-refractivity contribution in [1.82, 2.24) is 5.32 Å². The van der Waals surface area contributed by atoms with E-state index in [1.807, 2.05) is 38.1 Å². The van der Waals surface area contributed by atoms with Gasteiger partial charge < -0.3 is 16.4 Å². The molecule has 0 atom stereocenters. The van der Waals surface area contributed by atoms with Gasteiger partial charge in [0.15, 0.2) is 0 Å². The fourth-order valence-electron chi connectivity index (χ4n) is 1.24. The topological polar surface area (TPSA) is 67.2 Å². The van der Waals surface area contributed by atoms with E-state index in [0.717, 1.165) is 11.3 Å². The number of carbonyl (C=O) groups excluding carboxylic acids is 1. The third kappa shape index (κ3) is 3.59. The second-order valence-electron chi connectivity index (χ2n) is 3.61. The molecule has 4 N–H and O–H groups in total. The summed E-state index contributed by atoms with van der Waals surface area (Å²) in [5, 5.41) is 5.51. The van der Waals surface area contributed by atoms with E-state index in [4.69, 9.17) is 5.73 Å². The number of benzene rings is 1. The molecule has 0 saturated carbocycles. The van der Waals surface area contributed by atoms with Crippen molar-refractivity contribution < 1.29 is 4.79 Å². The molecule has 1 aromatic rings. The van der Waals surface area contributed by atoms with Gasteiger partial charge >= 0.3 is 6.03 Å². The molecule has 0 aliphatic heterocycles. The van der Waals surface area contributed by atoms with Crippen molar-refractivity contribution in [3.05, 3.63) is 29.8 Å². The lowest BCUT2D eigenvalue weighted by Crippen LogP contribution is -2.34. The van der Waals surface area contributed by atoms with Gasteiger partial charge in [0.25, 0.3) is 0 Å². The highest BCUT2D eigenvalue weighted by atomic mass is 16.2. The van der Waals surface area contributed by atoms with E-state index in [1.54, 1.807) is 0 Å². The van der Waals surface area contributed by atoms with Crippen LogP contribution in [0.2, 0.25) is 0 Å². The molecule has 0 aliphatic rings. The first-order valence-electron chi connectivity index (χ1n) is 4.99. The van der Waals surface area contributed by atoms with Crippen LogP contribution in [0, 0.1) is 0 Å². The summed E-state index contributed by atoms with van der Waals surface area (Å²) in [6.45, 7) is 4.24. The molecule has 4 nitrogen and oxygen atoms in total. The van der Waals surface area contributed by atoms with Crippen LogP contribution in [0.25, 0.3) is 0 Å². The number of hydrogen-bond donors (Lipinski definition) is 3. The lowest BCUT2D eigenvalue weighted by atomic mass is 10.2. The van der Waals surface area contributed by atoms with E-state index in [1.165, 1.54) is 0 Å². The molecule has 0 spiro atoms. The van der Waals surface area contributed by atoms with E-state index >= 15 is 0 Å². The van der Waals surface area contributed by atoms with Crippen LogP contribution in [0.15, 0.2) is 24.3 Å². The van der Waals surface area contributed by atoms with Gasteiger partial charge in [-0.2, -0.15) is 0 Å².